The lowest BCUT2D eigenvalue weighted by molar-refractivity contribution is 0.193. The van der Waals surface area contributed by atoms with Crippen molar-refractivity contribution in [3.05, 3.63) is 66.0 Å². The minimum Gasteiger partial charge on any atom is -0.482 e. The quantitative estimate of drug-likeness (QED) is 0.378. The average Bonchev–Trinajstić information content (AvgIpc) is 3.72. The van der Waals surface area contributed by atoms with E-state index >= 15 is 0 Å². The van der Waals surface area contributed by atoms with Crippen molar-refractivity contribution in [1.29, 1.82) is 0 Å². The van der Waals surface area contributed by atoms with Gasteiger partial charge in [-0.15, -0.1) is 5.10 Å². The second-order valence-corrected chi connectivity index (χ2v) is 11.3. The van der Waals surface area contributed by atoms with Gasteiger partial charge in [0.1, 0.15) is 11.8 Å². The van der Waals surface area contributed by atoms with Crippen molar-refractivity contribution in [2.24, 2.45) is 7.05 Å². The predicted molar refractivity (Wildman–Crippen MR) is 148 cm³/mol. The van der Waals surface area contributed by atoms with Crippen molar-refractivity contribution in [1.82, 2.24) is 45.0 Å². The fraction of sp³-hybridized carbons (Fsp3) is 0.429. The number of aryl methyl sites for hydroxylation is 2. The van der Waals surface area contributed by atoms with E-state index in [-0.39, 0.29) is 17.6 Å². The third-order valence-electron chi connectivity index (χ3n) is 8.06. The Kier molecular flexibility index (Phi) is 6.20. The van der Waals surface area contributed by atoms with Crippen LogP contribution in [-0.2, 0) is 24.5 Å². The maximum Gasteiger partial charge on any atom is 0.318 e. The normalized spacial score (nSPS) is 19.1. The molecule has 208 valence electrons. The third-order valence-corrected chi connectivity index (χ3v) is 8.06. The van der Waals surface area contributed by atoms with Crippen LogP contribution in [0.1, 0.15) is 56.7 Å². The van der Waals surface area contributed by atoms with Gasteiger partial charge in [0.15, 0.2) is 11.6 Å². The summed E-state index contributed by atoms with van der Waals surface area (Å²) in [4.78, 5) is 23.7. The summed E-state index contributed by atoms with van der Waals surface area (Å²) in [7, 11) is 1.81. The summed E-state index contributed by atoms with van der Waals surface area (Å²) in [6, 6.07) is 7.76. The zero-order valence-electron chi connectivity index (χ0n) is 23.2. The SMILES string of the molecule is C[C@@H](Oc1cc(-c2cc3n(n2)CCC32CCN(C(=O)NC(C)(C)c3cn(C)nn3)C2)cnc1N)c1cccnc1. The molecular weight excluding hydrogens is 508 g/mol. The van der Waals surface area contributed by atoms with Crippen LogP contribution in [0.5, 0.6) is 5.75 Å². The van der Waals surface area contributed by atoms with E-state index < -0.39 is 5.54 Å². The van der Waals surface area contributed by atoms with E-state index in [0.717, 1.165) is 47.6 Å². The second kappa shape index (κ2) is 9.61. The highest BCUT2D eigenvalue weighted by molar-refractivity contribution is 5.76. The summed E-state index contributed by atoms with van der Waals surface area (Å²) >= 11 is 0. The van der Waals surface area contributed by atoms with Gasteiger partial charge in [-0.25, -0.2) is 9.78 Å². The van der Waals surface area contributed by atoms with Crippen molar-refractivity contribution in [3.8, 4) is 17.0 Å². The van der Waals surface area contributed by atoms with E-state index in [2.05, 4.69) is 36.3 Å². The van der Waals surface area contributed by atoms with E-state index in [1.165, 1.54) is 0 Å². The number of likely N-dealkylation sites (tertiary alicyclic amines) is 1. The van der Waals surface area contributed by atoms with Gasteiger partial charge in [-0.2, -0.15) is 5.10 Å². The van der Waals surface area contributed by atoms with E-state index in [1.807, 2.05) is 57.1 Å². The van der Waals surface area contributed by atoms with Crippen molar-refractivity contribution in [3.63, 3.8) is 0 Å². The molecule has 12 heteroatoms. The molecule has 0 radical (unpaired) electrons. The molecular formula is C28H34N10O2. The van der Waals surface area contributed by atoms with Crippen molar-refractivity contribution in [2.45, 2.75) is 57.2 Å². The number of rotatable bonds is 6. The number of carbonyl (C=O) groups is 1. The Morgan fingerprint density at radius 3 is 2.80 bits per heavy atom. The predicted octanol–water partition coefficient (Wildman–Crippen LogP) is 3.18. The first-order valence-corrected chi connectivity index (χ1v) is 13.5. The number of fused-ring (bicyclic) bond motifs is 2. The van der Waals surface area contributed by atoms with Gasteiger partial charge in [-0.1, -0.05) is 11.3 Å². The lowest BCUT2D eigenvalue weighted by Gasteiger charge is -2.28. The van der Waals surface area contributed by atoms with E-state index in [9.17, 15) is 4.79 Å². The minimum absolute atomic E-state index is 0.0991. The third kappa shape index (κ3) is 4.63. The topological polar surface area (TPSA) is 142 Å². The number of nitrogen functional groups attached to an aromatic ring is 1. The number of anilines is 1. The van der Waals surface area contributed by atoms with Gasteiger partial charge in [-0.3, -0.25) is 14.3 Å². The van der Waals surface area contributed by atoms with Gasteiger partial charge in [0.25, 0.3) is 0 Å². The van der Waals surface area contributed by atoms with Crippen LogP contribution < -0.4 is 15.8 Å². The largest absolute Gasteiger partial charge is 0.482 e. The molecule has 2 amide bonds. The number of hydrogen-bond acceptors (Lipinski definition) is 8. The second-order valence-electron chi connectivity index (χ2n) is 11.3. The number of nitrogens with zero attached hydrogens (tertiary/aromatic N) is 8. The molecule has 0 aromatic carbocycles. The summed E-state index contributed by atoms with van der Waals surface area (Å²) < 4.78 is 9.86. The maximum atomic E-state index is 13.3. The summed E-state index contributed by atoms with van der Waals surface area (Å²) in [6.45, 7) is 7.95. The number of carbonyl (C=O) groups excluding carboxylic acids is 1. The minimum atomic E-state index is -0.637. The monoisotopic (exact) mass is 542 g/mol. The van der Waals surface area contributed by atoms with E-state index in [4.69, 9.17) is 15.6 Å². The van der Waals surface area contributed by atoms with Crippen LogP contribution in [0.3, 0.4) is 0 Å². The Morgan fingerprint density at radius 2 is 2.05 bits per heavy atom. The lowest BCUT2D eigenvalue weighted by atomic mass is 9.82. The number of aromatic nitrogens is 7. The Balaban J connectivity index is 1.18. The molecule has 1 saturated heterocycles. The molecule has 1 unspecified atom stereocenters. The van der Waals surface area contributed by atoms with Gasteiger partial charge in [0, 0.05) is 67.5 Å². The van der Waals surface area contributed by atoms with Crippen LogP contribution in [0, 0.1) is 0 Å². The molecule has 40 heavy (non-hydrogen) atoms. The molecule has 3 N–H and O–H groups in total. The molecule has 1 fully saturated rings. The number of amides is 2. The Labute approximate surface area is 232 Å². The first kappa shape index (κ1) is 25.8. The number of pyridine rings is 2. The van der Waals surface area contributed by atoms with Gasteiger partial charge >= 0.3 is 6.03 Å². The van der Waals surface area contributed by atoms with E-state index in [0.29, 0.717) is 24.7 Å². The first-order chi connectivity index (χ1) is 19.1. The molecule has 0 bridgehead atoms. The molecule has 2 aliphatic rings. The number of urea groups is 1. The lowest BCUT2D eigenvalue weighted by Crippen LogP contribution is -2.48. The first-order valence-electron chi connectivity index (χ1n) is 13.5. The van der Waals surface area contributed by atoms with Gasteiger partial charge in [-0.05, 0) is 51.8 Å². The summed E-state index contributed by atoms with van der Waals surface area (Å²) in [6.07, 6.45) is 8.65. The molecule has 2 atom stereocenters. The van der Waals surface area contributed by atoms with Gasteiger partial charge < -0.3 is 20.7 Å². The molecule has 6 heterocycles. The molecule has 4 aromatic rings. The van der Waals surface area contributed by atoms with Crippen molar-refractivity contribution >= 4 is 11.8 Å². The molecule has 0 saturated carbocycles. The van der Waals surface area contributed by atoms with Crippen LogP contribution in [0.15, 0.2) is 49.1 Å². The summed E-state index contributed by atoms with van der Waals surface area (Å²) in [5, 5.41) is 16.2. The van der Waals surface area contributed by atoms with Crippen LogP contribution in [0.2, 0.25) is 0 Å². The van der Waals surface area contributed by atoms with Gasteiger partial charge in [0.2, 0.25) is 0 Å². The van der Waals surface area contributed by atoms with Crippen LogP contribution in [0.25, 0.3) is 11.3 Å². The van der Waals surface area contributed by atoms with Crippen LogP contribution in [-0.4, -0.2) is 58.8 Å². The highest BCUT2D eigenvalue weighted by atomic mass is 16.5. The highest BCUT2D eigenvalue weighted by Crippen LogP contribution is 2.44. The number of nitrogens with one attached hydrogen (secondary N) is 1. The molecule has 2 aliphatic heterocycles. The van der Waals surface area contributed by atoms with Gasteiger partial charge in [0.05, 0.1) is 17.4 Å². The standard InChI is InChI=1S/C28H34N10O2/c1-18(19-6-5-9-30-14-19)40-22-12-20(15-31-25(22)29)21-13-24-28(8-11-38(24)34-21)7-10-37(17-28)26(39)32-27(2,3)23-16-36(4)35-33-23/h5-6,9,12-16,18H,7-8,10-11,17H2,1-4H3,(H2,29,31)(H,32,39)/t18-,28?/m1/s1. The maximum absolute atomic E-state index is 13.3. The Hall–Kier alpha value is -4.48. The zero-order valence-corrected chi connectivity index (χ0v) is 23.2. The molecule has 12 nitrogen and oxygen atoms in total. The molecule has 4 aromatic heterocycles. The highest BCUT2D eigenvalue weighted by Gasteiger charge is 2.47. The van der Waals surface area contributed by atoms with Crippen LogP contribution >= 0.6 is 0 Å². The van der Waals surface area contributed by atoms with Crippen LogP contribution in [0.4, 0.5) is 10.6 Å². The molecule has 1 spiro atoms. The summed E-state index contributed by atoms with van der Waals surface area (Å²) in [5.41, 5.74) is 9.85. The molecule has 6 rings (SSSR count). The summed E-state index contributed by atoms with van der Waals surface area (Å²) in [5.74, 6) is 0.829. The fourth-order valence-corrected chi connectivity index (χ4v) is 5.67. The Morgan fingerprint density at radius 1 is 1.23 bits per heavy atom. The zero-order chi connectivity index (χ0) is 28.1. The smallest absolute Gasteiger partial charge is 0.318 e. The average molecular weight is 543 g/mol. The van der Waals surface area contributed by atoms with E-state index in [1.54, 1.807) is 23.3 Å². The number of nitrogens with two attached hydrogens (primary N) is 1. The number of ether oxygens (including phenoxy) is 1. The van der Waals surface area contributed by atoms with Crippen molar-refractivity contribution in [2.75, 3.05) is 18.8 Å². The number of hydrogen-bond donors (Lipinski definition) is 2. The molecule has 0 aliphatic carbocycles. The Bertz CT molecular complexity index is 1550. The van der Waals surface area contributed by atoms with Crippen molar-refractivity contribution < 1.29 is 9.53 Å². The fourth-order valence-electron chi connectivity index (χ4n) is 5.67.